The van der Waals surface area contributed by atoms with Crippen LogP contribution < -0.4 is 5.32 Å². The fourth-order valence-electron chi connectivity index (χ4n) is 3.34. The minimum atomic E-state index is -0.534. The molecule has 1 aromatic rings. The first-order valence-corrected chi connectivity index (χ1v) is 11.9. The van der Waals surface area contributed by atoms with Gasteiger partial charge in [-0.2, -0.15) is 0 Å². The van der Waals surface area contributed by atoms with Crippen LogP contribution in [-0.4, -0.2) is 31.5 Å². The molecule has 0 radical (unpaired) electrons. The summed E-state index contributed by atoms with van der Waals surface area (Å²) in [7, 11) is 0. The van der Waals surface area contributed by atoms with Gasteiger partial charge in [0.2, 0.25) is 0 Å². The van der Waals surface area contributed by atoms with Gasteiger partial charge >= 0.3 is 12.1 Å². The van der Waals surface area contributed by atoms with E-state index in [1.165, 1.54) is 6.08 Å². The van der Waals surface area contributed by atoms with Gasteiger partial charge in [0.25, 0.3) is 0 Å². The standard InChI is InChI=1S/C26H36N4O5/c1-6-34-25(32)21(12-14-31)11-9-7-8-10-13-28-26(33)35-17-20-15-22(18(2)3)24(29-30-27)23(16-20)19(4)5/h9,11-12,14-16,18-19H,6-8,10,13,17H2,1-5H3,(H,28,33)/b11-9+,21-12+. The zero-order chi connectivity index (χ0) is 26.2. The molecule has 1 aromatic carbocycles. The van der Waals surface area contributed by atoms with Crippen LogP contribution in [0.3, 0.4) is 0 Å². The van der Waals surface area contributed by atoms with E-state index in [1.54, 1.807) is 19.1 Å². The van der Waals surface area contributed by atoms with Crippen LogP contribution in [0.5, 0.6) is 0 Å². The van der Waals surface area contributed by atoms with E-state index in [2.05, 4.69) is 15.3 Å². The highest BCUT2D eigenvalue weighted by molar-refractivity contribution is 5.95. The van der Waals surface area contributed by atoms with E-state index < -0.39 is 12.1 Å². The molecule has 0 aliphatic heterocycles. The monoisotopic (exact) mass is 484 g/mol. The number of carbonyl (C=O) groups excluding carboxylic acids is 3. The Kier molecular flexibility index (Phi) is 13.6. The Morgan fingerprint density at radius 3 is 2.31 bits per heavy atom. The summed E-state index contributed by atoms with van der Waals surface area (Å²) < 4.78 is 10.3. The Morgan fingerprint density at radius 2 is 1.77 bits per heavy atom. The maximum atomic E-state index is 12.1. The Hall–Kier alpha value is -3.58. The molecule has 0 atom stereocenters. The minimum absolute atomic E-state index is 0.115. The lowest BCUT2D eigenvalue weighted by Crippen LogP contribution is -2.25. The van der Waals surface area contributed by atoms with E-state index in [9.17, 15) is 14.4 Å². The predicted octanol–water partition coefficient (Wildman–Crippen LogP) is 6.52. The summed E-state index contributed by atoms with van der Waals surface area (Å²) in [5.74, 6) is -0.232. The number of hydrogen-bond acceptors (Lipinski definition) is 6. The number of rotatable bonds is 14. The molecule has 0 bridgehead atoms. The van der Waals surface area contributed by atoms with Gasteiger partial charge < -0.3 is 14.8 Å². The normalized spacial score (nSPS) is 11.5. The lowest BCUT2D eigenvalue weighted by Gasteiger charge is -2.18. The third kappa shape index (κ3) is 10.5. The Bertz CT molecular complexity index is 947. The first kappa shape index (κ1) is 29.5. The first-order valence-electron chi connectivity index (χ1n) is 11.9. The number of amides is 1. The van der Waals surface area contributed by atoms with Crippen molar-refractivity contribution in [3.05, 3.63) is 63.1 Å². The van der Waals surface area contributed by atoms with E-state index in [0.29, 0.717) is 24.9 Å². The number of esters is 1. The summed E-state index contributed by atoms with van der Waals surface area (Å²) in [4.78, 5) is 37.4. The van der Waals surface area contributed by atoms with Crippen LogP contribution in [0, 0.1) is 0 Å². The number of benzene rings is 1. The predicted molar refractivity (Wildman–Crippen MR) is 135 cm³/mol. The quantitative estimate of drug-likeness (QED) is 0.0469. The molecular weight excluding hydrogens is 448 g/mol. The second kappa shape index (κ2) is 16.1. The lowest BCUT2D eigenvalue weighted by atomic mass is 9.90. The van der Waals surface area contributed by atoms with Crippen molar-refractivity contribution in [3.63, 3.8) is 0 Å². The highest BCUT2D eigenvalue weighted by atomic mass is 16.5. The summed E-state index contributed by atoms with van der Waals surface area (Å²) in [5, 5.41) is 6.64. The van der Waals surface area contributed by atoms with E-state index in [-0.39, 0.29) is 30.6 Å². The number of aldehydes is 1. The molecule has 0 spiro atoms. The van der Waals surface area contributed by atoms with Gasteiger partial charge in [-0.1, -0.05) is 57.1 Å². The molecule has 1 rings (SSSR count). The van der Waals surface area contributed by atoms with Gasteiger partial charge in [-0.05, 0) is 66.3 Å². The van der Waals surface area contributed by atoms with Gasteiger partial charge in [0.1, 0.15) is 12.9 Å². The third-order valence-electron chi connectivity index (χ3n) is 5.11. The van der Waals surface area contributed by atoms with Crippen molar-refractivity contribution >= 4 is 24.0 Å². The molecule has 1 N–H and O–H groups in total. The average Bonchev–Trinajstić information content (AvgIpc) is 2.81. The second-order valence-electron chi connectivity index (χ2n) is 8.50. The van der Waals surface area contributed by atoms with Crippen molar-refractivity contribution < 1.29 is 23.9 Å². The molecule has 0 unspecified atom stereocenters. The number of nitrogens with zero attached hydrogens (tertiary/aromatic N) is 3. The number of nitrogens with one attached hydrogen (secondary N) is 1. The van der Waals surface area contributed by atoms with Gasteiger partial charge in [0.15, 0.2) is 0 Å². The molecule has 0 aromatic heterocycles. The van der Waals surface area contributed by atoms with E-state index in [4.69, 9.17) is 15.0 Å². The van der Waals surface area contributed by atoms with Crippen LogP contribution in [0.15, 0.2) is 41.0 Å². The van der Waals surface area contributed by atoms with Crippen molar-refractivity contribution in [1.82, 2.24) is 5.32 Å². The highest BCUT2D eigenvalue weighted by Crippen LogP contribution is 2.36. The fraction of sp³-hybridized carbons (Fsp3) is 0.500. The lowest BCUT2D eigenvalue weighted by molar-refractivity contribution is -0.138. The topological polar surface area (TPSA) is 130 Å². The Morgan fingerprint density at radius 1 is 1.11 bits per heavy atom. The number of allylic oxidation sites excluding steroid dienone is 2. The maximum Gasteiger partial charge on any atom is 0.407 e. The smallest absolute Gasteiger partial charge is 0.407 e. The molecule has 9 heteroatoms. The van der Waals surface area contributed by atoms with E-state index >= 15 is 0 Å². The van der Waals surface area contributed by atoms with Crippen molar-refractivity contribution in [2.24, 2.45) is 5.11 Å². The molecular formula is C26H36N4O5. The largest absolute Gasteiger partial charge is 0.462 e. The molecule has 9 nitrogen and oxygen atoms in total. The van der Waals surface area contributed by atoms with Gasteiger partial charge in [-0.15, -0.1) is 0 Å². The molecule has 0 aliphatic carbocycles. The van der Waals surface area contributed by atoms with Crippen LogP contribution >= 0.6 is 0 Å². The number of alkyl carbamates (subject to hydrolysis) is 1. The van der Waals surface area contributed by atoms with Crippen LogP contribution in [0.1, 0.15) is 82.4 Å². The summed E-state index contributed by atoms with van der Waals surface area (Å²) in [6.07, 6.45) is 6.77. The molecule has 0 fully saturated rings. The van der Waals surface area contributed by atoms with Gasteiger partial charge in [0.05, 0.1) is 12.2 Å². The van der Waals surface area contributed by atoms with Crippen LogP contribution in [0.2, 0.25) is 0 Å². The van der Waals surface area contributed by atoms with Crippen molar-refractivity contribution in [2.45, 2.75) is 72.3 Å². The molecule has 1 amide bonds. The molecule has 0 saturated carbocycles. The van der Waals surface area contributed by atoms with E-state index in [1.807, 2.05) is 39.8 Å². The molecule has 0 aliphatic rings. The zero-order valence-corrected chi connectivity index (χ0v) is 21.2. The minimum Gasteiger partial charge on any atom is -0.462 e. The summed E-state index contributed by atoms with van der Waals surface area (Å²) in [6.45, 7) is 10.6. The summed E-state index contributed by atoms with van der Waals surface area (Å²) >= 11 is 0. The zero-order valence-electron chi connectivity index (χ0n) is 21.2. The summed E-state index contributed by atoms with van der Waals surface area (Å²) in [6, 6.07) is 3.84. The van der Waals surface area contributed by atoms with Crippen molar-refractivity contribution in [1.29, 1.82) is 0 Å². The van der Waals surface area contributed by atoms with Crippen molar-refractivity contribution in [2.75, 3.05) is 13.2 Å². The van der Waals surface area contributed by atoms with Gasteiger partial charge in [-0.3, -0.25) is 4.79 Å². The first-order chi connectivity index (χ1) is 16.7. The van der Waals surface area contributed by atoms with Crippen LogP contribution in [0.4, 0.5) is 10.5 Å². The average molecular weight is 485 g/mol. The molecule has 190 valence electrons. The molecule has 0 heterocycles. The SMILES string of the molecule is CCOC(=O)C(/C=C/CCCCNC(=O)OCc1cc(C(C)C)c(N=[N+]=[N-])c(C(C)C)c1)=C/C=O. The molecule has 35 heavy (non-hydrogen) atoms. The Balaban J connectivity index is 2.54. The Labute approximate surface area is 207 Å². The van der Waals surface area contributed by atoms with Gasteiger partial charge in [0, 0.05) is 17.1 Å². The third-order valence-corrected chi connectivity index (χ3v) is 5.11. The summed E-state index contributed by atoms with van der Waals surface area (Å²) in [5.41, 5.74) is 12.5. The number of carbonyl (C=O) groups is 3. The maximum absolute atomic E-state index is 12.1. The highest BCUT2D eigenvalue weighted by Gasteiger charge is 2.15. The van der Waals surface area contributed by atoms with Crippen LogP contribution in [-0.2, 0) is 25.7 Å². The second-order valence-corrected chi connectivity index (χ2v) is 8.50. The molecule has 0 saturated heterocycles. The van der Waals surface area contributed by atoms with E-state index in [0.717, 1.165) is 29.5 Å². The number of unbranched alkanes of at least 4 members (excludes halogenated alkanes) is 2. The van der Waals surface area contributed by atoms with Gasteiger partial charge in [-0.25, -0.2) is 9.59 Å². The van der Waals surface area contributed by atoms with Crippen molar-refractivity contribution in [3.8, 4) is 0 Å². The fourth-order valence-corrected chi connectivity index (χ4v) is 3.34. The van der Waals surface area contributed by atoms with Crippen LogP contribution in [0.25, 0.3) is 10.4 Å². The number of azide groups is 1. The number of hydrogen-bond donors (Lipinski definition) is 1. The number of ether oxygens (including phenoxy) is 2.